The van der Waals surface area contributed by atoms with Crippen molar-refractivity contribution in [1.82, 2.24) is 0 Å². The largest absolute Gasteiger partial charge is 0.454 e. The van der Waals surface area contributed by atoms with Gasteiger partial charge in [0.15, 0.2) is 0 Å². The first-order valence-electron chi connectivity index (χ1n) is 5.32. The normalized spacial score (nSPS) is 9.63. The molecule has 0 amide bonds. The number of nitrogen functional groups attached to an aromatic ring is 1. The smallest absolute Gasteiger partial charge is 0.271 e. The van der Waals surface area contributed by atoms with Crippen LogP contribution in [0.15, 0.2) is 42.5 Å². The third kappa shape index (κ3) is 2.61. The first-order chi connectivity index (χ1) is 9.11. The van der Waals surface area contributed by atoms with Crippen molar-refractivity contribution < 1.29 is 9.66 Å². The van der Waals surface area contributed by atoms with Crippen LogP contribution in [0.2, 0.25) is 0 Å². The van der Waals surface area contributed by atoms with Gasteiger partial charge in [0.25, 0.3) is 5.69 Å². The monoisotopic (exact) mass is 255 g/mol. The minimum absolute atomic E-state index is 0.0810. The van der Waals surface area contributed by atoms with E-state index in [1.54, 1.807) is 24.3 Å². The molecule has 0 heterocycles. The molecule has 0 saturated heterocycles. The zero-order valence-electron chi connectivity index (χ0n) is 9.74. The lowest BCUT2D eigenvalue weighted by molar-refractivity contribution is -0.384. The Morgan fingerprint density at radius 3 is 2.58 bits per heavy atom. The van der Waals surface area contributed by atoms with Crippen molar-refractivity contribution in [1.29, 1.82) is 5.26 Å². The number of nitro groups is 1. The van der Waals surface area contributed by atoms with Crippen LogP contribution in [0, 0.1) is 21.4 Å². The summed E-state index contributed by atoms with van der Waals surface area (Å²) in [4.78, 5) is 10.1. The van der Waals surface area contributed by atoms with E-state index in [4.69, 9.17) is 15.7 Å². The van der Waals surface area contributed by atoms with Crippen LogP contribution in [0.3, 0.4) is 0 Å². The van der Waals surface area contributed by atoms with E-state index in [9.17, 15) is 10.1 Å². The van der Waals surface area contributed by atoms with E-state index in [2.05, 4.69) is 0 Å². The second-order valence-corrected chi connectivity index (χ2v) is 3.69. The molecular weight excluding hydrogens is 246 g/mol. The van der Waals surface area contributed by atoms with E-state index in [1.807, 2.05) is 6.07 Å². The highest BCUT2D eigenvalue weighted by molar-refractivity contribution is 5.57. The Labute approximate surface area is 108 Å². The van der Waals surface area contributed by atoms with E-state index in [-0.39, 0.29) is 17.0 Å². The van der Waals surface area contributed by atoms with Crippen molar-refractivity contribution in [3.8, 4) is 17.6 Å². The number of non-ortho nitro benzene ring substituents is 1. The lowest BCUT2D eigenvalue weighted by atomic mass is 10.2. The summed E-state index contributed by atoms with van der Waals surface area (Å²) in [5.41, 5.74) is 6.06. The fraction of sp³-hybridized carbons (Fsp3) is 0. The first-order valence-corrected chi connectivity index (χ1v) is 5.32. The fourth-order valence-corrected chi connectivity index (χ4v) is 1.50. The van der Waals surface area contributed by atoms with Gasteiger partial charge in [-0.15, -0.1) is 0 Å². The van der Waals surface area contributed by atoms with Gasteiger partial charge in [-0.1, -0.05) is 12.1 Å². The van der Waals surface area contributed by atoms with Crippen LogP contribution in [0.1, 0.15) is 5.56 Å². The summed E-state index contributed by atoms with van der Waals surface area (Å²) in [6, 6.07) is 12.5. The Morgan fingerprint density at radius 1 is 1.21 bits per heavy atom. The molecule has 94 valence electrons. The summed E-state index contributed by atoms with van der Waals surface area (Å²) in [7, 11) is 0. The number of rotatable bonds is 3. The molecule has 0 bridgehead atoms. The van der Waals surface area contributed by atoms with Crippen molar-refractivity contribution in [3.63, 3.8) is 0 Å². The summed E-state index contributed by atoms with van der Waals surface area (Å²) < 4.78 is 5.50. The molecular formula is C13H9N3O3. The van der Waals surface area contributed by atoms with Crippen LogP contribution < -0.4 is 10.5 Å². The standard InChI is InChI=1S/C13H9N3O3/c14-8-9-7-10(16(17)18)5-6-12(9)19-13-4-2-1-3-11(13)15/h1-7H,15H2. The van der Waals surface area contributed by atoms with Gasteiger partial charge >= 0.3 is 0 Å². The quantitative estimate of drug-likeness (QED) is 0.516. The Bertz CT molecular complexity index is 677. The van der Waals surface area contributed by atoms with Gasteiger partial charge in [0.05, 0.1) is 10.6 Å². The summed E-state index contributed by atoms with van der Waals surface area (Å²) in [6.45, 7) is 0. The van der Waals surface area contributed by atoms with Crippen molar-refractivity contribution in [2.45, 2.75) is 0 Å². The third-order valence-corrected chi connectivity index (χ3v) is 2.43. The Kier molecular flexibility index (Phi) is 3.30. The minimum atomic E-state index is -0.568. The van der Waals surface area contributed by atoms with Gasteiger partial charge in [-0.25, -0.2) is 0 Å². The van der Waals surface area contributed by atoms with Crippen molar-refractivity contribution in [2.24, 2.45) is 0 Å². The molecule has 2 aromatic rings. The zero-order valence-corrected chi connectivity index (χ0v) is 9.74. The highest BCUT2D eigenvalue weighted by Crippen LogP contribution is 2.31. The average Bonchev–Trinajstić information content (AvgIpc) is 2.41. The maximum atomic E-state index is 10.6. The average molecular weight is 255 g/mol. The van der Waals surface area contributed by atoms with Crippen LogP contribution in [-0.2, 0) is 0 Å². The zero-order chi connectivity index (χ0) is 13.8. The molecule has 0 aliphatic heterocycles. The highest BCUT2D eigenvalue weighted by atomic mass is 16.6. The number of nitrogens with zero attached hydrogens (tertiary/aromatic N) is 2. The van der Waals surface area contributed by atoms with Crippen LogP contribution in [-0.4, -0.2) is 4.92 Å². The number of hydrogen-bond acceptors (Lipinski definition) is 5. The van der Waals surface area contributed by atoms with Crippen molar-refractivity contribution >= 4 is 11.4 Å². The molecule has 2 rings (SSSR count). The summed E-state index contributed by atoms with van der Waals surface area (Å²) in [5.74, 6) is 0.624. The van der Waals surface area contributed by atoms with Gasteiger partial charge in [0.1, 0.15) is 23.1 Å². The maximum Gasteiger partial charge on any atom is 0.271 e. The number of anilines is 1. The van der Waals surface area contributed by atoms with E-state index < -0.39 is 4.92 Å². The van der Waals surface area contributed by atoms with Crippen molar-refractivity contribution in [3.05, 3.63) is 58.1 Å². The maximum absolute atomic E-state index is 10.6. The molecule has 0 saturated carbocycles. The summed E-state index contributed by atoms with van der Waals surface area (Å²) in [6.07, 6.45) is 0. The van der Waals surface area contributed by atoms with E-state index >= 15 is 0 Å². The van der Waals surface area contributed by atoms with Gasteiger partial charge in [-0.05, 0) is 18.2 Å². The molecule has 0 fully saturated rings. The molecule has 2 aromatic carbocycles. The Morgan fingerprint density at radius 2 is 1.95 bits per heavy atom. The van der Waals surface area contributed by atoms with Crippen LogP contribution in [0.4, 0.5) is 11.4 Å². The number of ether oxygens (including phenoxy) is 1. The number of benzene rings is 2. The molecule has 6 heteroatoms. The molecule has 0 radical (unpaired) electrons. The lowest BCUT2D eigenvalue weighted by Gasteiger charge is -2.09. The van der Waals surface area contributed by atoms with E-state index in [0.717, 1.165) is 6.07 Å². The van der Waals surface area contributed by atoms with Gasteiger partial charge in [-0.3, -0.25) is 10.1 Å². The predicted octanol–water partition coefficient (Wildman–Crippen LogP) is 2.84. The number of nitrogens with two attached hydrogens (primary N) is 1. The number of hydrogen-bond donors (Lipinski definition) is 1. The number of para-hydroxylation sites is 2. The number of nitriles is 1. The molecule has 0 aliphatic carbocycles. The minimum Gasteiger partial charge on any atom is -0.454 e. The lowest BCUT2D eigenvalue weighted by Crippen LogP contribution is -1.95. The van der Waals surface area contributed by atoms with Gasteiger partial charge in [0.2, 0.25) is 0 Å². The SMILES string of the molecule is N#Cc1cc([N+](=O)[O-])ccc1Oc1ccccc1N. The molecule has 19 heavy (non-hydrogen) atoms. The summed E-state index contributed by atoms with van der Waals surface area (Å²) in [5, 5.41) is 19.6. The van der Waals surface area contributed by atoms with Gasteiger partial charge < -0.3 is 10.5 Å². The van der Waals surface area contributed by atoms with Crippen molar-refractivity contribution in [2.75, 3.05) is 5.73 Å². The summed E-state index contributed by atoms with van der Waals surface area (Å²) >= 11 is 0. The van der Waals surface area contributed by atoms with Crippen LogP contribution in [0.5, 0.6) is 11.5 Å². The van der Waals surface area contributed by atoms with Gasteiger partial charge in [-0.2, -0.15) is 5.26 Å². The second-order valence-electron chi connectivity index (χ2n) is 3.69. The molecule has 0 aromatic heterocycles. The third-order valence-electron chi connectivity index (χ3n) is 2.43. The van der Waals surface area contributed by atoms with Crippen LogP contribution >= 0.6 is 0 Å². The predicted molar refractivity (Wildman–Crippen MR) is 68.7 cm³/mol. The first kappa shape index (κ1) is 12.4. The van der Waals surface area contributed by atoms with E-state index in [1.165, 1.54) is 12.1 Å². The molecule has 0 unspecified atom stereocenters. The number of nitro benzene ring substituents is 1. The second kappa shape index (κ2) is 5.06. The molecule has 6 nitrogen and oxygen atoms in total. The van der Waals surface area contributed by atoms with Crippen LogP contribution in [0.25, 0.3) is 0 Å². The van der Waals surface area contributed by atoms with Gasteiger partial charge in [0, 0.05) is 12.1 Å². The molecule has 0 spiro atoms. The fourth-order valence-electron chi connectivity index (χ4n) is 1.50. The topological polar surface area (TPSA) is 102 Å². The molecule has 0 atom stereocenters. The highest BCUT2D eigenvalue weighted by Gasteiger charge is 2.12. The Hall–Kier alpha value is -3.07. The molecule has 2 N–H and O–H groups in total. The molecule has 0 aliphatic rings. The Balaban J connectivity index is 2.39. The van der Waals surface area contributed by atoms with E-state index in [0.29, 0.717) is 11.4 Å².